The molecule has 0 nitrogen and oxygen atoms in total. The third kappa shape index (κ3) is 31.9. The summed E-state index contributed by atoms with van der Waals surface area (Å²) in [5, 5.41) is -2.69. The summed E-state index contributed by atoms with van der Waals surface area (Å²) in [5.41, 5.74) is 0. The maximum Gasteiger partial charge on any atom is 0.0187 e. The summed E-state index contributed by atoms with van der Waals surface area (Å²) < 4.78 is 0. The van der Waals surface area contributed by atoms with Crippen LogP contribution < -0.4 is 0 Å². The van der Waals surface area contributed by atoms with Crippen molar-refractivity contribution in [2.45, 2.75) is 207 Å². The van der Waals surface area contributed by atoms with E-state index in [1.807, 2.05) is 19.7 Å². The topological polar surface area (TPSA) is 0 Å². The molecule has 266 valence electrons. The highest BCUT2D eigenvalue weighted by atomic mass is 33.8. The van der Waals surface area contributed by atoms with Crippen LogP contribution in [-0.4, -0.2) is 24.6 Å². The first-order chi connectivity index (χ1) is 21.4. The molecule has 0 atom stereocenters. The molecule has 0 rings (SSSR count). The predicted molar refractivity (Wildman–Crippen MR) is 230 cm³/mol. The molecule has 0 amide bonds. The molecule has 0 radical (unpaired) electrons. The van der Waals surface area contributed by atoms with Crippen LogP contribution in [0.4, 0.5) is 0 Å². The number of unbranched alkanes of at least 4 members (excludes halogenated alkanes) is 24. The Morgan fingerprint density at radius 3 is 0.682 bits per heavy atom. The van der Waals surface area contributed by atoms with Crippen LogP contribution >= 0.6 is 51.0 Å². The summed E-state index contributed by atoms with van der Waals surface area (Å²) in [6.45, 7) is 9.25. The van der Waals surface area contributed by atoms with E-state index in [9.17, 15) is 0 Å². The summed E-state index contributed by atoms with van der Waals surface area (Å²) >= 11 is 13.0. The van der Waals surface area contributed by atoms with Gasteiger partial charge in [-0.05, 0) is 90.8 Å². The first-order valence-electron chi connectivity index (χ1n) is 19.3. The third-order valence-electron chi connectivity index (χ3n) is 8.77. The molecule has 0 fully saturated rings. The monoisotopic (exact) mass is 762 g/mol. The van der Waals surface area contributed by atoms with Crippen molar-refractivity contribution < 1.29 is 0 Å². The van der Waals surface area contributed by atoms with Gasteiger partial charge >= 0.3 is 0 Å². The fourth-order valence-corrected chi connectivity index (χ4v) is 34.9. The fraction of sp³-hybridized carbons (Fsp3) is 1.00. The molecule has 0 aromatic carbocycles. The average Bonchev–Trinajstić information content (AvgIpc) is 3.01. The number of rotatable bonds is 37. The van der Waals surface area contributed by atoms with Crippen molar-refractivity contribution in [2.24, 2.45) is 0 Å². The summed E-state index contributed by atoms with van der Waals surface area (Å²) in [6.07, 6.45) is 44.3. The molecule has 0 aromatic rings. The van der Waals surface area contributed by atoms with E-state index in [1.165, 1.54) is 204 Å². The third-order valence-corrected chi connectivity index (χ3v) is 34.6. The fourth-order valence-electron chi connectivity index (χ4n) is 5.75. The van der Waals surface area contributed by atoms with E-state index in [1.54, 1.807) is 0 Å². The average molecular weight is 763 g/mol. The van der Waals surface area contributed by atoms with Crippen molar-refractivity contribution in [3.05, 3.63) is 0 Å². The molecule has 0 bridgehead atoms. The van der Waals surface area contributed by atoms with Gasteiger partial charge in [-0.25, -0.2) is 0 Å². The lowest BCUT2D eigenvalue weighted by atomic mass is 10.1. The molecule has 0 aromatic heterocycles. The molecule has 44 heavy (non-hydrogen) atoms. The van der Waals surface area contributed by atoms with Gasteiger partial charge in [-0.1, -0.05) is 205 Å². The Morgan fingerprint density at radius 2 is 0.477 bits per heavy atom. The smallest absolute Gasteiger partial charge is 0.0187 e. The number of hydrogen-bond donors (Lipinski definition) is 0. The van der Waals surface area contributed by atoms with Crippen LogP contribution in [0, 0.1) is 0 Å². The molecular formula is C36H76P2S6. The normalized spacial score (nSPS) is 12.4. The Labute approximate surface area is 304 Å². The quantitative estimate of drug-likeness (QED) is 0.0349. The van der Waals surface area contributed by atoms with E-state index >= 15 is 0 Å². The van der Waals surface area contributed by atoms with Crippen LogP contribution in [0.15, 0.2) is 0 Å². The van der Waals surface area contributed by atoms with Gasteiger partial charge < -0.3 is 0 Å². The maximum absolute atomic E-state index is 6.52. The van der Waals surface area contributed by atoms with Crippen LogP contribution in [0.1, 0.15) is 207 Å². The van der Waals surface area contributed by atoms with Crippen molar-refractivity contribution in [3.63, 3.8) is 0 Å². The van der Waals surface area contributed by atoms with E-state index < -0.39 is 10.5 Å². The largest absolute Gasteiger partial charge is 0.0851 e. The molecular weight excluding hydrogens is 687 g/mol. The van der Waals surface area contributed by atoms with Crippen molar-refractivity contribution in [2.75, 3.05) is 24.6 Å². The van der Waals surface area contributed by atoms with E-state index in [2.05, 4.69) is 48.5 Å². The van der Waals surface area contributed by atoms with Gasteiger partial charge in [-0.2, -0.15) is 0 Å². The predicted octanol–water partition coefficient (Wildman–Crippen LogP) is 17.5. The van der Waals surface area contributed by atoms with Gasteiger partial charge in [0.15, 0.2) is 0 Å². The second-order valence-electron chi connectivity index (χ2n) is 13.3. The van der Waals surface area contributed by atoms with Crippen molar-refractivity contribution in [1.82, 2.24) is 0 Å². The van der Waals surface area contributed by atoms with Crippen LogP contribution in [0.2, 0.25) is 0 Å². The Bertz CT molecular complexity index is 575. The van der Waals surface area contributed by atoms with Crippen molar-refractivity contribution in [3.8, 4) is 0 Å². The number of hydrogen-bond acceptors (Lipinski definition) is 6. The molecule has 0 spiro atoms. The van der Waals surface area contributed by atoms with Crippen LogP contribution in [0.3, 0.4) is 0 Å². The summed E-state index contributed by atoms with van der Waals surface area (Å²) in [7, 11) is 8.38. The van der Waals surface area contributed by atoms with Gasteiger partial charge in [0.25, 0.3) is 0 Å². The SMILES string of the molecule is CCCCCCCCCP(=S)(CCCCCCCCC)SSSSP(=S)(CCCCCCCCC)CCCCCCCCC. The van der Waals surface area contributed by atoms with Crippen molar-refractivity contribution >= 4 is 74.6 Å². The van der Waals surface area contributed by atoms with Crippen LogP contribution in [-0.2, 0) is 23.6 Å². The van der Waals surface area contributed by atoms with E-state index in [0.29, 0.717) is 0 Å². The molecule has 0 saturated heterocycles. The first kappa shape index (κ1) is 46.7. The second-order valence-corrected chi connectivity index (χ2v) is 35.5. The molecule has 0 aliphatic rings. The van der Waals surface area contributed by atoms with Crippen LogP contribution in [0.5, 0.6) is 0 Å². The Morgan fingerprint density at radius 1 is 0.295 bits per heavy atom. The molecule has 0 N–H and O–H groups in total. The first-order valence-corrected chi connectivity index (χ1v) is 31.7. The molecule has 0 heterocycles. The highest BCUT2D eigenvalue weighted by molar-refractivity contribution is 9.39. The minimum atomic E-state index is -1.35. The zero-order chi connectivity index (χ0) is 32.5. The lowest BCUT2D eigenvalue weighted by Gasteiger charge is -2.23. The van der Waals surface area contributed by atoms with Gasteiger partial charge in [0.2, 0.25) is 0 Å². The van der Waals surface area contributed by atoms with Gasteiger partial charge in [0.05, 0.1) is 0 Å². The summed E-state index contributed by atoms with van der Waals surface area (Å²) in [4.78, 5) is 0. The van der Waals surface area contributed by atoms with Crippen molar-refractivity contribution in [1.29, 1.82) is 0 Å². The van der Waals surface area contributed by atoms with Crippen LogP contribution in [0.25, 0.3) is 0 Å². The van der Waals surface area contributed by atoms with Gasteiger partial charge in [0, 0.05) is 10.5 Å². The molecule has 8 heteroatoms. The van der Waals surface area contributed by atoms with E-state index in [-0.39, 0.29) is 0 Å². The minimum absolute atomic E-state index is 1.32. The standard InChI is InChI=1S/C36H76P2S6/c1-5-9-13-17-21-25-29-33-37(39,34-30-26-22-18-14-10-6-2)41-43-44-42-38(40,35-31-27-23-19-15-11-7-3)36-32-28-24-20-16-12-8-4/h5-36H2,1-4H3. The second kappa shape index (κ2) is 35.5. The highest BCUT2D eigenvalue weighted by Gasteiger charge is 2.22. The lowest BCUT2D eigenvalue weighted by molar-refractivity contribution is 0.600. The minimum Gasteiger partial charge on any atom is -0.0851 e. The van der Waals surface area contributed by atoms with Gasteiger partial charge in [-0.3, -0.25) is 0 Å². The van der Waals surface area contributed by atoms with E-state index in [0.717, 1.165) is 0 Å². The molecule has 0 saturated carbocycles. The Kier molecular flexibility index (Phi) is 37.7. The summed E-state index contributed by atoms with van der Waals surface area (Å²) in [5.74, 6) is 0. The van der Waals surface area contributed by atoms with Gasteiger partial charge in [0.1, 0.15) is 0 Å². The Balaban J connectivity index is 4.79. The Hall–Kier alpha value is 2.70. The lowest BCUT2D eigenvalue weighted by Crippen LogP contribution is -1.94. The summed E-state index contributed by atoms with van der Waals surface area (Å²) in [6, 6.07) is 0. The molecule has 0 aliphatic heterocycles. The maximum atomic E-state index is 6.52. The molecule has 0 unspecified atom stereocenters. The van der Waals surface area contributed by atoms with Gasteiger partial charge in [-0.15, -0.1) is 0 Å². The zero-order valence-corrected chi connectivity index (χ0v) is 36.7. The highest BCUT2D eigenvalue weighted by Crippen LogP contribution is 2.74. The zero-order valence-electron chi connectivity index (χ0n) is 30.0. The molecule has 0 aliphatic carbocycles. The van der Waals surface area contributed by atoms with E-state index in [4.69, 9.17) is 23.6 Å².